The molecule has 0 spiro atoms. The number of ether oxygens (including phenoxy) is 1. The smallest absolute Gasteiger partial charge is 0.346 e. The maximum Gasteiger partial charge on any atom is 0.346 e. The molecule has 4 aromatic carbocycles. The van der Waals surface area contributed by atoms with Crippen LogP contribution in [0.2, 0.25) is 0 Å². The van der Waals surface area contributed by atoms with E-state index >= 15 is 0 Å². The van der Waals surface area contributed by atoms with Crippen molar-refractivity contribution in [2.45, 2.75) is 0 Å². The van der Waals surface area contributed by atoms with Crippen molar-refractivity contribution in [3.05, 3.63) is 71.8 Å². The van der Waals surface area contributed by atoms with E-state index in [4.69, 9.17) is 4.74 Å². The van der Waals surface area contributed by atoms with Gasteiger partial charge in [0.1, 0.15) is 0 Å². The predicted octanol–water partition coefficient (Wildman–Crippen LogP) is 4.46. The summed E-state index contributed by atoms with van der Waals surface area (Å²) < 4.78 is 4.75. The molecule has 3 nitrogen and oxygen atoms in total. The van der Waals surface area contributed by atoms with Crippen molar-refractivity contribution in [3.63, 3.8) is 0 Å². The Morgan fingerprint density at radius 1 is 0.522 bits per heavy atom. The van der Waals surface area contributed by atoms with Crippen molar-refractivity contribution in [1.82, 2.24) is 0 Å². The standard InChI is InChI=1S/C20H10O3/c21-19-17-9-15-13-7-3-1-5-11(13)12-6-2-4-8-14(12)16(15)10-18(17)20(22)23-19/h1-10H. The van der Waals surface area contributed by atoms with Gasteiger partial charge in [-0.25, -0.2) is 9.59 Å². The molecule has 5 rings (SSSR count). The van der Waals surface area contributed by atoms with E-state index in [9.17, 15) is 9.59 Å². The van der Waals surface area contributed by atoms with Crippen LogP contribution >= 0.6 is 0 Å². The summed E-state index contributed by atoms with van der Waals surface area (Å²) in [6.07, 6.45) is 0. The summed E-state index contributed by atoms with van der Waals surface area (Å²) in [5.74, 6) is -1.13. The molecule has 4 aromatic rings. The molecule has 0 radical (unpaired) electrons. The average molecular weight is 298 g/mol. The highest BCUT2D eigenvalue weighted by Crippen LogP contribution is 2.37. The van der Waals surface area contributed by atoms with E-state index in [1.54, 1.807) is 12.1 Å². The second-order valence-corrected chi connectivity index (χ2v) is 5.71. The van der Waals surface area contributed by atoms with E-state index < -0.39 is 11.9 Å². The summed E-state index contributed by atoms with van der Waals surface area (Å²) in [7, 11) is 0. The van der Waals surface area contributed by atoms with E-state index in [0.29, 0.717) is 11.1 Å². The molecule has 0 aliphatic carbocycles. The van der Waals surface area contributed by atoms with Crippen molar-refractivity contribution in [2.24, 2.45) is 0 Å². The van der Waals surface area contributed by atoms with Crippen LogP contribution in [-0.4, -0.2) is 11.9 Å². The van der Waals surface area contributed by atoms with Gasteiger partial charge in [-0.15, -0.1) is 0 Å². The number of cyclic esters (lactones) is 2. The highest BCUT2D eigenvalue weighted by atomic mass is 16.6. The molecule has 23 heavy (non-hydrogen) atoms. The van der Waals surface area contributed by atoms with Crippen LogP contribution < -0.4 is 0 Å². The van der Waals surface area contributed by atoms with Crippen LogP contribution in [0.15, 0.2) is 60.7 Å². The third-order valence-electron chi connectivity index (χ3n) is 4.51. The Morgan fingerprint density at radius 3 is 1.26 bits per heavy atom. The van der Waals surface area contributed by atoms with Gasteiger partial charge in [0.05, 0.1) is 11.1 Å². The fourth-order valence-electron chi connectivity index (χ4n) is 3.48. The lowest BCUT2D eigenvalue weighted by Gasteiger charge is -2.10. The number of hydrogen-bond donors (Lipinski definition) is 0. The Bertz CT molecular complexity index is 1080. The first kappa shape index (κ1) is 12.4. The molecule has 1 aliphatic heterocycles. The maximum atomic E-state index is 11.9. The van der Waals surface area contributed by atoms with E-state index in [1.807, 2.05) is 36.4 Å². The van der Waals surface area contributed by atoms with E-state index in [-0.39, 0.29) is 0 Å². The lowest BCUT2D eigenvalue weighted by molar-refractivity contribution is 0.0444. The van der Waals surface area contributed by atoms with Gasteiger partial charge in [0.2, 0.25) is 0 Å². The van der Waals surface area contributed by atoms with Crippen molar-refractivity contribution < 1.29 is 14.3 Å². The fourth-order valence-corrected chi connectivity index (χ4v) is 3.48. The Balaban J connectivity index is 2.11. The Labute approximate surface area is 131 Å². The quantitative estimate of drug-likeness (QED) is 0.273. The molecular formula is C20H10O3. The lowest BCUT2D eigenvalue weighted by Crippen LogP contribution is -1.96. The van der Waals surface area contributed by atoms with Crippen LogP contribution in [0.3, 0.4) is 0 Å². The molecule has 3 heteroatoms. The van der Waals surface area contributed by atoms with Gasteiger partial charge < -0.3 is 4.74 Å². The third-order valence-corrected chi connectivity index (χ3v) is 4.51. The normalized spacial score (nSPS) is 13.7. The predicted molar refractivity (Wildman–Crippen MR) is 88.7 cm³/mol. The molecule has 108 valence electrons. The van der Waals surface area contributed by atoms with Crippen LogP contribution in [-0.2, 0) is 4.74 Å². The highest BCUT2D eigenvalue weighted by Gasteiger charge is 2.30. The number of rotatable bonds is 0. The molecule has 0 N–H and O–H groups in total. The van der Waals surface area contributed by atoms with Crippen LogP contribution in [0.5, 0.6) is 0 Å². The van der Waals surface area contributed by atoms with Crippen molar-refractivity contribution in [1.29, 1.82) is 0 Å². The molecule has 0 atom stereocenters. The largest absolute Gasteiger partial charge is 0.386 e. The third kappa shape index (κ3) is 1.53. The number of esters is 2. The SMILES string of the molecule is O=C1OC(=O)c2cc3c4ccccc4c4ccccc4c3cc21. The molecule has 0 unspecified atom stereocenters. The van der Waals surface area contributed by atoms with Gasteiger partial charge in [-0.2, -0.15) is 0 Å². The molecule has 0 saturated heterocycles. The molecular weight excluding hydrogens is 288 g/mol. The van der Waals surface area contributed by atoms with E-state index in [2.05, 4.69) is 12.1 Å². The summed E-state index contributed by atoms with van der Waals surface area (Å²) in [5.41, 5.74) is 0.700. The van der Waals surface area contributed by atoms with Gasteiger partial charge in [0, 0.05) is 0 Å². The minimum atomic E-state index is -0.566. The summed E-state index contributed by atoms with van der Waals surface area (Å²) in [6.45, 7) is 0. The number of hydrogen-bond acceptors (Lipinski definition) is 3. The average Bonchev–Trinajstić information content (AvgIpc) is 2.88. The zero-order valence-electron chi connectivity index (χ0n) is 12.0. The minimum absolute atomic E-state index is 0.350. The Kier molecular flexibility index (Phi) is 2.24. The molecule has 1 aliphatic rings. The van der Waals surface area contributed by atoms with Gasteiger partial charge in [0.25, 0.3) is 0 Å². The number of benzene rings is 4. The molecule has 0 fully saturated rings. The first-order valence-corrected chi connectivity index (χ1v) is 7.38. The molecule has 0 aromatic heterocycles. The number of carbonyl (C=O) groups excluding carboxylic acids is 2. The van der Waals surface area contributed by atoms with Crippen LogP contribution in [0, 0.1) is 0 Å². The first-order chi connectivity index (χ1) is 11.2. The van der Waals surface area contributed by atoms with Gasteiger partial charge in [-0.05, 0) is 44.5 Å². The Morgan fingerprint density at radius 2 is 0.870 bits per heavy atom. The van der Waals surface area contributed by atoms with Crippen molar-refractivity contribution in [3.8, 4) is 0 Å². The van der Waals surface area contributed by atoms with Gasteiger partial charge in [0.15, 0.2) is 0 Å². The van der Waals surface area contributed by atoms with Gasteiger partial charge in [-0.3, -0.25) is 0 Å². The topological polar surface area (TPSA) is 43.4 Å². The second kappa shape index (κ2) is 4.17. The van der Waals surface area contributed by atoms with Crippen LogP contribution in [0.1, 0.15) is 20.7 Å². The van der Waals surface area contributed by atoms with Gasteiger partial charge in [-0.1, -0.05) is 48.5 Å². The zero-order valence-corrected chi connectivity index (χ0v) is 12.0. The fraction of sp³-hybridized carbons (Fsp3) is 0. The van der Waals surface area contributed by atoms with E-state index in [0.717, 1.165) is 32.3 Å². The van der Waals surface area contributed by atoms with Crippen molar-refractivity contribution in [2.75, 3.05) is 0 Å². The minimum Gasteiger partial charge on any atom is -0.386 e. The molecule has 1 heterocycles. The Hall–Kier alpha value is -3.20. The second-order valence-electron chi connectivity index (χ2n) is 5.71. The van der Waals surface area contributed by atoms with Crippen LogP contribution in [0.4, 0.5) is 0 Å². The number of fused-ring (bicyclic) bond motifs is 7. The van der Waals surface area contributed by atoms with Crippen LogP contribution in [0.25, 0.3) is 32.3 Å². The molecule has 0 amide bonds. The van der Waals surface area contributed by atoms with Crippen molar-refractivity contribution >= 4 is 44.3 Å². The monoisotopic (exact) mass is 298 g/mol. The summed E-state index contributed by atoms with van der Waals surface area (Å²) in [5, 5.41) is 6.32. The van der Waals surface area contributed by atoms with Gasteiger partial charge >= 0.3 is 11.9 Å². The zero-order chi connectivity index (χ0) is 15.6. The number of carbonyl (C=O) groups is 2. The molecule has 0 bridgehead atoms. The van der Waals surface area contributed by atoms with E-state index in [1.165, 1.54) is 0 Å². The summed E-state index contributed by atoms with van der Waals surface area (Å²) in [6, 6.07) is 19.8. The molecule has 0 saturated carbocycles. The summed E-state index contributed by atoms with van der Waals surface area (Å²) in [4.78, 5) is 23.8. The summed E-state index contributed by atoms with van der Waals surface area (Å²) >= 11 is 0. The maximum absolute atomic E-state index is 11.9. The lowest BCUT2D eigenvalue weighted by atomic mass is 9.92. The highest BCUT2D eigenvalue weighted by molar-refractivity contribution is 6.28. The first-order valence-electron chi connectivity index (χ1n) is 7.38.